The van der Waals surface area contributed by atoms with Crippen molar-refractivity contribution in [3.05, 3.63) is 83.9 Å². The van der Waals surface area contributed by atoms with Gasteiger partial charge in [-0.05, 0) is 36.4 Å². The van der Waals surface area contributed by atoms with Crippen LogP contribution in [0.3, 0.4) is 0 Å². The Kier molecular flexibility index (Phi) is 6.13. The summed E-state index contributed by atoms with van der Waals surface area (Å²) in [4.78, 5) is 26.1. The minimum Gasteiger partial charge on any atom is -0.483 e. The first kappa shape index (κ1) is 19.9. The average Bonchev–Trinajstić information content (AvgIpc) is 3.16. The average molecular weight is 399 g/mol. The minimum atomic E-state index is -0.803. The number of benzene rings is 1. The van der Waals surface area contributed by atoms with E-state index in [1.54, 1.807) is 24.3 Å². The molecular formula is C21H18FNO6. The van der Waals surface area contributed by atoms with Gasteiger partial charge >= 0.3 is 11.9 Å². The molecule has 2 heterocycles. The molecule has 0 unspecified atom stereocenters. The number of nitrogens with zero attached hydrogens (tertiary/aromatic N) is 1. The predicted octanol–water partition coefficient (Wildman–Crippen LogP) is 3.49. The Balaban J connectivity index is 2.09. The van der Waals surface area contributed by atoms with Crippen molar-refractivity contribution in [3.63, 3.8) is 0 Å². The molecule has 2 aromatic rings. The zero-order chi connectivity index (χ0) is 20.8. The summed E-state index contributed by atoms with van der Waals surface area (Å²) in [6.45, 7) is 0.0859. The third-order valence-corrected chi connectivity index (χ3v) is 4.02. The van der Waals surface area contributed by atoms with Gasteiger partial charge in [0.25, 0.3) is 0 Å². The summed E-state index contributed by atoms with van der Waals surface area (Å²) < 4.78 is 34.7. The van der Waals surface area contributed by atoms with Gasteiger partial charge in [0, 0.05) is 12.3 Å². The molecule has 1 aliphatic rings. The Morgan fingerprint density at radius 1 is 1.10 bits per heavy atom. The van der Waals surface area contributed by atoms with Crippen molar-refractivity contribution in [2.24, 2.45) is 0 Å². The fourth-order valence-electron chi connectivity index (χ4n) is 2.70. The second kappa shape index (κ2) is 8.92. The number of esters is 2. The maximum Gasteiger partial charge on any atom is 0.355 e. The van der Waals surface area contributed by atoms with E-state index in [-0.39, 0.29) is 29.3 Å². The van der Waals surface area contributed by atoms with Gasteiger partial charge in [0.05, 0.1) is 31.7 Å². The Hall–Kier alpha value is -3.81. The van der Waals surface area contributed by atoms with Gasteiger partial charge in [-0.3, -0.25) is 0 Å². The summed E-state index contributed by atoms with van der Waals surface area (Å²) >= 11 is 0. The molecule has 0 fully saturated rings. The highest BCUT2D eigenvalue weighted by atomic mass is 19.1. The van der Waals surface area contributed by atoms with Crippen LogP contribution in [-0.2, 0) is 25.7 Å². The van der Waals surface area contributed by atoms with E-state index in [9.17, 15) is 14.0 Å². The van der Waals surface area contributed by atoms with Crippen LogP contribution in [-0.4, -0.2) is 26.2 Å². The van der Waals surface area contributed by atoms with Gasteiger partial charge in [-0.2, -0.15) is 0 Å². The lowest BCUT2D eigenvalue weighted by atomic mass is 10.1. The molecule has 0 saturated carbocycles. The number of hydrogen-bond donors (Lipinski definition) is 0. The van der Waals surface area contributed by atoms with E-state index in [4.69, 9.17) is 18.6 Å². The predicted molar refractivity (Wildman–Crippen MR) is 101 cm³/mol. The van der Waals surface area contributed by atoms with E-state index in [0.717, 1.165) is 0 Å². The second-order valence-electron chi connectivity index (χ2n) is 5.80. The highest BCUT2D eigenvalue weighted by Gasteiger charge is 2.29. The molecule has 7 nitrogen and oxygen atoms in total. The number of anilines is 1. The van der Waals surface area contributed by atoms with Gasteiger partial charge < -0.3 is 23.5 Å². The van der Waals surface area contributed by atoms with Crippen LogP contribution in [0.4, 0.5) is 10.1 Å². The largest absolute Gasteiger partial charge is 0.483 e. The van der Waals surface area contributed by atoms with Crippen molar-refractivity contribution in [2.75, 3.05) is 19.1 Å². The third kappa shape index (κ3) is 4.37. The second-order valence-corrected chi connectivity index (χ2v) is 5.80. The fraction of sp³-hybridized carbons (Fsp3) is 0.143. The molecule has 1 aromatic carbocycles. The van der Waals surface area contributed by atoms with Crippen molar-refractivity contribution < 1.29 is 32.6 Å². The quantitative estimate of drug-likeness (QED) is 0.688. The Morgan fingerprint density at radius 3 is 2.59 bits per heavy atom. The molecule has 29 heavy (non-hydrogen) atoms. The van der Waals surface area contributed by atoms with E-state index in [0.29, 0.717) is 5.76 Å². The topological polar surface area (TPSA) is 78.2 Å². The summed E-state index contributed by atoms with van der Waals surface area (Å²) in [5.74, 6) is -1.28. The van der Waals surface area contributed by atoms with E-state index in [1.807, 2.05) is 0 Å². The van der Waals surface area contributed by atoms with E-state index in [2.05, 4.69) is 0 Å². The summed E-state index contributed by atoms with van der Waals surface area (Å²) in [6.07, 6.45) is 7.55. The zero-order valence-electron chi connectivity index (χ0n) is 15.8. The van der Waals surface area contributed by atoms with Gasteiger partial charge in [0.1, 0.15) is 29.6 Å². The molecule has 8 heteroatoms. The SMILES string of the molecule is COC(=O)C1=C(C(=O)OC)N(c2cc(F)ccc2OCc2ccco2)C=CC=C1. The molecule has 0 spiro atoms. The number of allylic oxidation sites excluding steroid dienone is 2. The molecule has 0 radical (unpaired) electrons. The number of halogens is 1. The normalized spacial score (nSPS) is 13.3. The maximum absolute atomic E-state index is 14.1. The number of carbonyl (C=O) groups excluding carboxylic acids is 2. The number of rotatable bonds is 6. The molecule has 0 saturated heterocycles. The van der Waals surface area contributed by atoms with Crippen LogP contribution < -0.4 is 9.64 Å². The molecule has 0 bridgehead atoms. The highest BCUT2D eigenvalue weighted by molar-refractivity contribution is 6.05. The summed E-state index contributed by atoms with van der Waals surface area (Å²) in [5, 5.41) is 0. The van der Waals surface area contributed by atoms with Crippen molar-refractivity contribution in [1.29, 1.82) is 0 Å². The molecule has 0 atom stereocenters. The number of methoxy groups -OCH3 is 2. The van der Waals surface area contributed by atoms with Crippen molar-refractivity contribution in [2.45, 2.75) is 6.61 Å². The van der Waals surface area contributed by atoms with Crippen LogP contribution in [0.5, 0.6) is 5.75 Å². The van der Waals surface area contributed by atoms with E-state index < -0.39 is 17.8 Å². The van der Waals surface area contributed by atoms with Crippen LogP contribution in [0, 0.1) is 5.82 Å². The van der Waals surface area contributed by atoms with Gasteiger partial charge in [0.2, 0.25) is 0 Å². The van der Waals surface area contributed by atoms with Crippen LogP contribution in [0.15, 0.2) is 76.7 Å². The monoisotopic (exact) mass is 399 g/mol. The highest BCUT2D eigenvalue weighted by Crippen LogP contribution is 2.35. The molecule has 3 rings (SSSR count). The zero-order valence-corrected chi connectivity index (χ0v) is 15.8. The standard InChI is InChI=1S/C21H18FNO6/c1-26-20(24)16-7-3-4-10-23(19(16)21(25)27-2)17-12-14(22)8-9-18(17)29-13-15-6-5-11-28-15/h3-12H,13H2,1-2H3. The van der Waals surface area contributed by atoms with Crippen LogP contribution >= 0.6 is 0 Å². The van der Waals surface area contributed by atoms with Gasteiger partial charge in [-0.25, -0.2) is 14.0 Å². The summed E-state index contributed by atoms with van der Waals surface area (Å²) in [5.41, 5.74) is 0.00158. The smallest absolute Gasteiger partial charge is 0.355 e. The number of hydrogen-bond acceptors (Lipinski definition) is 7. The number of carbonyl (C=O) groups is 2. The molecular weight excluding hydrogens is 381 g/mol. The van der Waals surface area contributed by atoms with E-state index >= 15 is 0 Å². The summed E-state index contributed by atoms with van der Waals surface area (Å²) in [6, 6.07) is 7.28. The molecule has 1 aliphatic heterocycles. The first-order valence-electron chi connectivity index (χ1n) is 8.55. The molecule has 0 amide bonds. The molecule has 150 valence electrons. The number of ether oxygens (including phenoxy) is 3. The van der Waals surface area contributed by atoms with E-state index in [1.165, 1.54) is 55.9 Å². The number of furan rings is 1. The minimum absolute atomic E-state index is 0.0504. The Bertz CT molecular complexity index is 991. The van der Waals surface area contributed by atoms with Gasteiger partial charge in [0.15, 0.2) is 0 Å². The van der Waals surface area contributed by atoms with Gasteiger partial charge in [-0.15, -0.1) is 0 Å². The van der Waals surface area contributed by atoms with Crippen molar-refractivity contribution >= 4 is 17.6 Å². The first-order chi connectivity index (χ1) is 14.0. The van der Waals surface area contributed by atoms with Crippen molar-refractivity contribution in [1.82, 2.24) is 0 Å². The first-order valence-corrected chi connectivity index (χ1v) is 8.55. The van der Waals surface area contributed by atoms with Crippen LogP contribution in [0.1, 0.15) is 5.76 Å². The third-order valence-electron chi connectivity index (χ3n) is 4.02. The molecule has 1 aromatic heterocycles. The molecule has 0 aliphatic carbocycles. The fourth-order valence-corrected chi connectivity index (χ4v) is 2.70. The molecule has 0 N–H and O–H groups in total. The van der Waals surface area contributed by atoms with Crippen molar-refractivity contribution in [3.8, 4) is 5.75 Å². The lowest BCUT2D eigenvalue weighted by Crippen LogP contribution is -2.27. The Morgan fingerprint density at radius 2 is 1.90 bits per heavy atom. The Labute approximate surface area is 166 Å². The summed E-state index contributed by atoms with van der Waals surface area (Å²) in [7, 11) is 2.38. The lowest BCUT2D eigenvalue weighted by molar-refractivity contribution is -0.139. The van der Waals surface area contributed by atoms with Crippen LogP contribution in [0.2, 0.25) is 0 Å². The van der Waals surface area contributed by atoms with Crippen LogP contribution in [0.25, 0.3) is 0 Å². The lowest BCUT2D eigenvalue weighted by Gasteiger charge is -2.25. The maximum atomic E-state index is 14.1. The van der Waals surface area contributed by atoms with Gasteiger partial charge in [-0.1, -0.05) is 6.08 Å².